The van der Waals surface area contributed by atoms with Gasteiger partial charge < -0.3 is 0 Å². The van der Waals surface area contributed by atoms with E-state index in [-0.39, 0.29) is 16.6 Å². The third kappa shape index (κ3) is 5.24. The Kier molecular flexibility index (Phi) is 7.83. The second-order valence-corrected chi connectivity index (χ2v) is 5.90. The van der Waals surface area contributed by atoms with Gasteiger partial charge in [-0.1, -0.05) is 63.5 Å². The van der Waals surface area contributed by atoms with E-state index in [2.05, 4.69) is 6.92 Å². The van der Waals surface area contributed by atoms with Crippen LogP contribution in [-0.2, 0) is 9.59 Å². The lowest BCUT2D eigenvalue weighted by molar-refractivity contribution is -0.115. The molecule has 0 fully saturated rings. The molecule has 112 valence electrons. The first-order valence-electron chi connectivity index (χ1n) is 7.74. The molecular weight excluding hydrogens is 272 g/mol. The van der Waals surface area contributed by atoms with Crippen molar-refractivity contribution in [3.05, 3.63) is 22.3 Å². The molecule has 0 unspecified atom stereocenters. The summed E-state index contributed by atoms with van der Waals surface area (Å²) in [6.07, 6.45) is 12.0. The number of carbonyl (C=O) groups excluding carboxylic acids is 2. The van der Waals surface area contributed by atoms with Crippen molar-refractivity contribution < 1.29 is 9.59 Å². The van der Waals surface area contributed by atoms with Gasteiger partial charge in [0, 0.05) is 11.1 Å². The summed E-state index contributed by atoms with van der Waals surface area (Å²) in [5.74, 6) is -0.282. The Hall–Kier alpha value is -0.890. The van der Waals surface area contributed by atoms with Gasteiger partial charge in [-0.25, -0.2) is 0 Å². The third-order valence-electron chi connectivity index (χ3n) is 3.78. The third-order valence-corrected chi connectivity index (χ3v) is 4.25. The average molecular weight is 297 g/mol. The van der Waals surface area contributed by atoms with E-state index in [1.807, 2.05) is 0 Å². The molecule has 20 heavy (non-hydrogen) atoms. The minimum Gasteiger partial charge on any atom is -0.289 e. The van der Waals surface area contributed by atoms with Crippen LogP contribution in [0.25, 0.3) is 0 Å². The largest absolute Gasteiger partial charge is 0.289 e. The Labute approximate surface area is 127 Å². The van der Waals surface area contributed by atoms with Crippen LogP contribution in [0.3, 0.4) is 0 Å². The quantitative estimate of drug-likeness (QED) is 0.438. The smallest absolute Gasteiger partial charge is 0.197 e. The van der Waals surface area contributed by atoms with Gasteiger partial charge in [0.2, 0.25) is 0 Å². The van der Waals surface area contributed by atoms with Crippen molar-refractivity contribution in [3.63, 3.8) is 0 Å². The number of carbonyl (C=O) groups is 2. The SMILES string of the molecule is CCCCCCCCCCC1=CC(=O)C(Cl)=C(C)C1=O. The number of hydrogen-bond donors (Lipinski definition) is 0. The highest BCUT2D eigenvalue weighted by atomic mass is 35.5. The molecule has 0 radical (unpaired) electrons. The maximum Gasteiger partial charge on any atom is 0.197 e. The highest BCUT2D eigenvalue weighted by Gasteiger charge is 2.23. The number of hydrogen-bond acceptors (Lipinski definition) is 2. The zero-order chi connectivity index (χ0) is 15.0. The maximum atomic E-state index is 12.0. The molecule has 0 spiro atoms. The van der Waals surface area contributed by atoms with Gasteiger partial charge in [-0.2, -0.15) is 0 Å². The first kappa shape index (κ1) is 17.2. The van der Waals surface area contributed by atoms with Gasteiger partial charge in [0.1, 0.15) is 0 Å². The minimum absolute atomic E-state index is 0.0578. The molecule has 0 aromatic carbocycles. The summed E-state index contributed by atoms with van der Waals surface area (Å²) in [5.41, 5.74) is 1.02. The molecule has 1 aliphatic carbocycles. The number of unbranched alkanes of at least 4 members (excludes halogenated alkanes) is 7. The van der Waals surface area contributed by atoms with Crippen molar-refractivity contribution in [2.24, 2.45) is 0 Å². The molecule has 0 aromatic rings. The summed E-state index contributed by atoms with van der Waals surface area (Å²) in [6, 6.07) is 0. The summed E-state index contributed by atoms with van der Waals surface area (Å²) in [7, 11) is 0. The van der Waals surface area contributed by atoms with Crippen molar-refractivity contribution >= 4 is 23.2 Å². The van der Waals surface area contributed by atoms with Gasteiger partial charge in [0.05, 0.1) is 5.03 Å². The van der Waals surface area contributed by atoms with Crippen LogP contribution in [0.1, 0.15) is 71.6 Å². The molecule has 3 heteroatoms. The normalized spacial score (nSPS) is 15.8. The highest BCUT2D eigenvalue weighted by Crippen LogP contribution is 2.25. The van der Waals surface area contributed by atoms with Crippen LogP contribution in [0.2, 0.25) is 0 Å². The first-order valence-corrected chi connectivity index (χ1v) is 8.11. The molecule has 1 rings (SSSR count). The topological polar surface area (TPSA) is 34.1 Å². The lowest BCUT2D eigenvalue weighted by atomic mass is 9.92. The molecule has 0 amide bonds. The molecule has 0 bridgehead atoms. The molecule has 1 aliphatic rings. The van der Waals surface area contributed by atoms with Gasteiger partial charge in [-0.05, 0) is 25.8 Å². The van der Waals surface area contributed by atoms with E-state index in [0.717, 1.165) is 12.8 Å². The van der Waals surface area contributed by atoms with E-state index in [1.165, 1.54) is 44.6 Å². The average Bonchev–Trinajstić information content (AvgIpc) is 2.44. The number of allylic oxidation sites excluding steroid dienone is 4. The monoisotopic (exact) mass is 296 g/mol. The van der Waals surface area contributed by atoms with Gasteiger partial charge in [0.15, 0.2) is 11.6 Å². The van der Waals surface area contributed by atoms with Crippen LogP contribution < -0.4 is 0 Å². The number of halogens is 1. The Bertz CT molecular complexity index is 419. The summed E-state index contributed by atoms with van der Waals surface area (Å²) in [5, 5.41) is 0.0784. The van der Waals surface area contributed by atoms with E-state index in [9.17, 15) is 9.59 Å². The van der Waals surface area contributed by atoms with Gasteiger partial charge in [-0.15, -0.1) is 0 Å². The van der Waals surface area contributed by atoms with Gasteiger partial charge >= 0.3 is 0 Å². The molecular formula is C17H25ClO2. The molecule has 0 heterocycles. The van der Waals surface area contributed by atoms with Crippen LogP contribution in [0.4, 0.5) is 0 Å². The fourth-order valence-electron chi connectivity index (χ4n) is 2.45. The molecule has 0 aliphatic heterocycles. The number of ketones is 2. The fourth-order valence-corrected chi connectivity index (χ4v) is 2.59. The van der Waals surface area contributed by atoms with Crippen LogP contribution >= 0.6 is 11.6 Å². The standard InChI is InChI=1S/C17H25ClO2/c1-3-4-5-6-7-8-9-10-11-14-12-15(19)16(18)13(2)17(14)20/h12H,3-11H2,1-2H3. The Morgan fingerprint density at radius 3 is 2.10 bits per heavy atom. The second kappa shape index (κ2) is 9.12. The number of rotatable bonds is 9. The van der Waals surface area contributed by atoms with Crippen molar-refractivity contribution in [1.82, 2.24) is 0 Å². The van der Waals surface area contributed by atoms with Gasteiger partial charge in [0.25, 0.3) is 0 Å². The van der Waals surface area contributed by atoms with Crippen molar-refractivity contribution in [2.45, 2.75) is 71.6 Å². The van der Waals surface area contributed by atoms with Crippen LogP contribution in [0.5, 0.6) is 0 Å². The zero-order valence-electron chi connectivity index (χ0n) is 12.6. The summed E-state index contributed by atoms with van der Waals surface area (Å²) >= 11 is 5.79. The highest BCUT2D eigenvalue weighted by molar-refractivity contribution is 6.48. The molecule has 0 saturated carbocycles. The summed E-state index contributed by atoms with van der Waals surface area (Å²) < 4.78 is 0. The van der Waals surface area contributed by atoms with Gasteiger partial charge in [-0.3, -0.25) is 9.59 Å². The van der Waals surface area contributed by atoms with E-state index in [0.29, 0.717) is 17.6 Å². The Balaban J connectivity index is 2.21. The summed E-state index contributed by atoms with van der Waals surface area (Å²) in [6.45, 7) is 3.85. The first-order chi connectivity index (χ1) is 9.57. The number of Topliss-reactive ketones (excluding diaryl/α,β-unsaturated/α-hetero) is 1. The summed E-state index contributed by atoms with van der Waals surface area (Å²) in [4.78, 5) is 23.5. The lowest BCUT2D eigenvalue weighted by Gasteiger charge is -2.12. The van der Waals surface area contributed by atoms with E-state index < -0.39 is 0 Å². The minimum atomic E-state index is -0.224. The Morgan fingerprint density at radius 2 is 1.50 bits per heavy atom. The molecule has 0 saturated heterocycles. The zero-order valence-corrected chi connectivity index (χ0v) is 13.4. The maximum absolute atomic E-state index is 12.0. The lowest BCUT2D eigenvalue weighted by Crippen LogP contribution is -2.15. The van der Waals surface area contributed by atoms with Crippen molar-refractivity contribution in [3.8, 4) is 0 Å². The van der Waals surface area contributed by atoms with E-state index in [1.54, 1.807) is 6.92 Å². The van der Waals surface area contributed by atoms with Crippen molar-refractivity contribution in [2.75, 3.05) is 0 Å². The van der Waals surface area contributed by atoms with Crippen LogP contribution in [0, 0.1) is 0 Å². The molecule has 0 atom stereocenters. The fraction of sp³-hybridized carbons (Fsp3) is 0.647. The predicted molar refractivity (Wildman–Crippen MR) is 83.9 cm³/mol. The molecule has 2 nitrogen and oxygen atoms in total. The molecule has 0 N–H and O–H groups in total. The van der Waals surface area contributed by atoms with Crippen LogP contribution in [-0.4, -0.2) is 11.6 Å². The predicted octanol–water partition coefficient (Wildman–Crippen LogP) is 5.11. The molecule has 0 aromatic heterocycles. The van der Waals surface area contributed by atoms with E-state index in [4.69, 9.17) is 11.6 Å². The van der Waals surface area contributed by atoms with Crippen LogP contribution in [0.15, 0.2) is 22.3 Å². The van der Waals surface area contributed by atoms with Crippen molar-refractivity contribution in [1.29, 1.82) is 0 Å². The Morgan fingerprint density at radius 1 is 0.950 bits per heavy atom. The van der Waals surface area contributed by atoms with E-state index >= 15 is 0 Å². The second-order valence-electron chi connectivity index (χ2n) is 5.53.